The molecule has 5 rings (SSSR count). The molecule has 0 aliphatic carbocycles. The number of fused-ring (bicyclic) bond motifs is 1. The third-order valence-corrected chi connectivity index (χ3v) is 7.46. The maximum Gasteiger partial charge on any atom is 0.345 e. The third-order valence-electron chi connectivity index (χ3n) is 6.31. The van der Waals surface area contributed by atoms with Crippen LogP contribution in [0.15, 0.2) is 94.5 Å². The van der Waals surface area contributed by atoms with E-state index in [0.717, 1.165) is 32.9 Å². The Morgan fingerprint density at radius 1 is 0.975 bits per heavy atom. The van der Waals surface area contributed by atoms with Crippen LogP contribution in [0, 0.1) is 0 Å². The lowest BCUT2D eigenvalue weighted by Crippen LogP contribution is -2.19. The molecule has 0 aliphatic heterocycles. The highest BCUT2D eigenvalue weighted by atomic mass is 79.9. The first-order chi connectivity index (χ1) is 19.4. The number of hydrogen-bond acceptors (Lipinski definition) is 4. The number of nitrogens with one attached hydrogen (secondary N) is 2. The largest absolute Gasteiger partial charge is 0.422 e. The Bertz CT molecular complexity index is 1780. The molecule has 0 spiro atoms. The molecule has 0 fully saturated rings. The van der Waals surface area contributed by atoms with E-state index in [-0.39, 0.29) is 16.3 Å². The van der Waals surface area contributed by atoms with Crippen LogP contribution in [0.3, 0.4) is 0 Å². The lowest BCUT2D eigenvalue weighted by molar-refractivity contribution is 0.0734. The third kappa shape index (κ3) is 5.68. The van der Waals surface area contributed by atoms with Crippen molar-refractivity contribution in [2.24, 2.45) is 5.10 Å². The molecule has 1 amide bonds. The summed E-state index contributed by atoms with van der Waals surface area (Å²) in [4.78, 5) is 29.5. The molecule has 6 nitrogen and oxygen atoms in total. The standard InChI is InChI=1S/C31H22BrCl2N3O3/c1-2-18-8-7-11-23-27(21-9-3-5-12-24(21)33)29(36-28(18)23)30(38)37-35-17-19-16-20(32)14-15-26(19)40-31(39)22-10-4-6-13-25(22)34/h3-17,36H,2H2,1H3,(H,37,38). The number of hydrogen-bond donors (Lipinski definition) is 2. The fourth-order valence-corrected chi connectivity index (χ4v) is 5.22. The Morgan fingerprint density at radius 2 is 1.73 bits per heavy atom. The van der Waals surface area contributed by atoms with Gasteiger partial charge in [0.15, 0.2) is 0 Å². The van der Waals surface area contributed by atoms with Crippen LogP contribution in [0.2, 0.25) is 10.0 Å². The molecule has 4 aromatic carbocycles. The van der Waals surface area contributed by atoms with E-state index in [2.05, 4.69) is 38.4 Å². The minimum absolute atomic E-state index is 0.237. The molecule has 0 radical (unpaired) electrons. The molecule has 200 valence electrons. The lowest BCUT2D eigenvalue weighted by Gasteiger charge is -2.09. The first-order valence-corrected chi connectivity index (χ1v) is 13.9. The highest BCUT2D eigenvalue weighted by molar-refractivity contribution is 9.10. The number of aromatic amines is 1. The number of hydrazone groups is 1. The second kappa shape index (κ2) is 12.1. The normalized spacial score (nSPS) is 11.2. The van der Waals surface area contributed by atoms with Gasteiger partial charge in [0.05, 0.1) is 16.8 Å². The Morgan fingerprint density at radius 3 is 2.48 bits per heavy atom. The van der Waals surface area contributed by atoms with Gasteiger partial charge in [-0.3, -0.25) is 4.79 Å². The number of nitrogens with zero attached hydrogens (tertiary/aromatic N) is 1. The molecular weight excluding hydrogens is 613 g/mol. The molecule has 0 unspecified atom stereocenters. The molecule has 2 N–H and O–H groups in total. The number of rotatable bonds is 7. The van der Waals surface area contributed by atoms with Crippen molar-refractivity contribution in [3.63, 3.8) is 0 Å². The zero-order chi connectivity index (χ0) is 28.2. The van der Waals surface area contributed by atoms with Crippen molar-refractivity contribution < 1.29 is 14.3 Å². The van der Waals surface area contributed by atoms with E-state index in [0.29, 0.717) is 21.8 Å². The zero-order valence-electron chi connectivity index (χ0n) is 21.2. The van der Waals surface area contributed by atoms with Crippen molar-refractivity contribution >= 4 is 68.1 Å². The van der Waals surface area contributed by atoms with Crippen molar-refractivity contribution in [2.75, 3.05) is 0 Å². The number of H-pyrrole nitrogens is 1. The van der Waals surface area contributed by atoms with E-state index in [1.165, 1.54) is 6.21 Å². The number of halogens is 3. The van der Waals surface area contributed by atoms with Crippen LogP contribution in [0.5, 0.6) is 5.75 Å². The topological polar surface area (TPSA) is 83.5 Å². The van der Waals surface area contributed by atoms with Gasteiger partial charge in [-0.25, -0.2) is 10.2 Å². The highest BCUT2D eigenvalue weighted by Gasteiger charge is 2.22. The fraction of sp³-hybridized carbons (Fsp3) is 0.0645. The van der Waals surface area contributed by atoms with Crippen LogP contribution in [0.4, 0.5) is 0 Å². The summed E-state index contributed by atoms with van der Waals surface area (Å²) >= 11 is 16.1. The second-order valence-electron chi connectivity index (χ2n) is 8.80. The predicted molar refractivity (Wildman–Crippen MR) is 164 cm³/mol. The predicted octanol–water partition coefficient (Wildman–Crippen LogP) is 8.45. The molecule has 40 heavy (non-hydrogen) atoms. The summed E-state index contributed by atoms with van der Waals surface area (Å²) in [5.74, 6) is -0.809. The van der Waals surface area contributed by atoms with Crippen LogP contribution in [-0.2, 0) is 6.42 Å². The molecule has 0 atom stereocenters. The average molecular weight is 635 g/mol. The first kappa shape index (κ1) is 27.6. The smallest absolute Gasteiger partial charge is 0.345 e. The summed E-state index contributed by atoms with van der Waals surface area (Å²) in [5.41, 5.74) is 7.01. The summed E-state index contributed by atoms with van der Waals surface area (Å²) in [6.07, 6.45) is 2.20. The maximum absolute atomic E-state index is 13.5. The molecule has 0 saturated heterocycles. The van der Waals surface area contributed by atoms with Gasteiger partial charge in [-0.15, -0.1) is 0 Å². The molecule has 0 bridgehead atoms. The maximum atomic E-state index is 13.5. The Balaban J connectivity index is 1.46. The van der Waals surface area contributed by atoms with E-state index >= 15 is 0 Å². The summed E-state index contributed by atoms with van der Waals surface area (Å²) in [6, 6.07) is 25.0. The number of amides is 1. The fourth-order valence-electron chi connectivity index (χ4n) is 4.40. The Hall–Kier alpha value is -3.91. The number of ether oxygens (including phenoxy) is 1. The summed E-state index contributed by atoms with van der Waals surface area (Å²) < 4.78 is 6.33. The van der Waals surface area contributed by atoms with Crippen molar-refractivity contribution in [1.82, 2.24) is 10.4 Å². The van der Waals surface area contributed by atoms with Crippen LogP contribution in [0.1, 0.15) is 38.9 Å². The lowest BCUT2D eigenvalue weighted by atomic mass is 9.99. The van der Waals surface area contributed by atoms with E-state index in [1.807, 2.05) is 36.4 Å². The molecule has 9 heteroatoms. The number of carbonyl (C=O) groups excluding carboxylic acids is 2. The second-order valence-corrected chi connectivity index (χ2v) is 10.5. The van der Waals surface area contributed by atoms with E-state index < -0.39 is 11.9 Å². The van der Waals surface area contributed by atoms with Gasteiger partial charge in [0.2, 0.25) is 0 Å². The van der Waals surface area contributed by atoms with Crippen molar-refractivity contribution in [2.45, 2.75) is 13.3 Å². The molecule has 0 aliphatic rings. The van der Waals surface area contributed by atoms with Gasteiger partial charge in [-0.2, -0.15) is 5.10 Å². The van der Waals surface area contributed by atoms with Gasteiger partial charge in [0, 0.05) is 37.1 Å². The van der Waals surface area contributed by atoms with Crippen LogP contribution in [0.25, 0.3) is 22.0 Å². The van der Waals surface area contributed by atoms with E-state index in [4.69, 9.17) is 27.9 Å². The van der Waals surface area contributed by atoms with Crippen LogP contribution in [-0.4, -0.2) is 23.1 Å². The Kier molecular flexibility index (Phi) is 8.35. The minimum Gasteiger partial charge on any atom is -0.422 e. The zero-order valence-corrected chi connectivity index (χ0v) is 24.3. The van der Waals surface area contributed by atoms with Gasteiger partial charge >= 0.3 is 5.97 Å². The highest BCUT2D eigenvalue weighted by Crippen LogP contribution is 2.37. The number of aryl methyl sites for hydroxylation is 1. The van der Waals surface area contributed by atoms with Gasteiger partial charge < -0.3 is 9.72 Å². The molecule has 0 saturated carbocycles. The molecule has 1 aromatic heterocycles. The molecular formula is C31H22BrCl2N3O3. The average Bonchev–Trinajstić information content (AvgIpc) is 3.34. The van der Waals surface area contributed by atoms with Gasteiger partial charge in [-0.05, 0) is 48.4 Å². The van der Waals surface area contributed by atoms with Gasteiger partial charge in [0.25, 0.3) is 5.91 Å². The quantitative estimate of drug-likeness (QED) is 0.0815. The monoisotopic (exact) mass is 633 g/mol. The number of para-hydroxylation sites is 1. The summed E-state index contributed by atoms with van der Waals surface area (Å²) in [5, 5.41) is 5.88. The first-order valence-electron chi connectivity index (χ1n) is 12.4. The van der Waals surface area contributed by atoms with Crippen molar-refractivity contribution in [1.29, 1.82) is 0 Å². The van der Waals surface area contributed by atoms with Gasteiger partial charge in [0.1, 0.15) is 11.4 Å². The van der Waals surface area contributed by atoms with Crippen molar-refractivity contribution in [3.8, 4) is 16.9 Å². The Labute approximate surface area is 249 Å². The van der Waals surface area contributed by atoms with Crippen LogP contribution >= 0.6 is 39.1 Å². The number of benzene rings is 4. The van der Waals surface area contributed by atoms with Crippen LogP contribution < -0.4 is 10.2 Å². The van der Waals surface area contributed by atoms with Crippen molar-refractivity contribution in [3.05, 3.63) is 122 Å². The molecule has 1 heterocycles. The minimum atomic E-state index is -0.610. The number of carbonyl (C=O) groups is 2. The van der Waals surface area contributed by atoms with Gasteiger partial charge in [-0.1, -0.05) is 94.6 Å². The van der Waals surface area contributed by atoms with E-state index in [9.17, 15) is 9.59 Å². The summed E-state index contributed by atoms with van der Waals surface area (Å²) in [7, 11) is 0. The number of aromatic nitrogens is 1. The van der Waals surface area contributed by atoms with E-state index in [1.54, 1.807) is 48.5 Å². The number of esters is 1. The molecule has 5 aromatic rings. The SMILES string of the molecule is CCc1cccc2c(-c3ccccc3Cl)c(C(=O)NN=Cc3cc(Br)ccc3OC(=O)c3ccccc3Cl)[nH]c12. The summed E-state index contributed by atoms with van der Waals surface area (Å²) in [6.45, 7) is 2.06.